The number of sulfonamides is 1. The largest absolute Gasteiger partial charge is 0.390 e. The number of aryl methyl sites for hydroxylation is 1. The predicted molar refractivity (Wildman–Crippen MR) is 82.6 cm³/mol. The van der Waals surface area contributed by atoms with Crippen molar-refractivity contribution in [2.75, 3.05) is 4.72 Å². The molecular formula is C15H20N2O3S. The smallest absolute Gasteiger partial charge is 0.263 e. The van der Waals surface area contributed by atoms with Crippen molar-refractivity contribution in [1.82, 2.24) is 4.98 Å². The van der Waals surface area contributed by atoms with Gasteiger partial charge < -0.3 is 10.1 Å². The number of aromatic amines is 1. The molecule has 5 nitrogen and oxygen atoms in total. The first-order valence-electron chi connectivity index (χ1n) is 6.95. The van der Waals surface area contributed by atoms with Crippen molar-refractivity contribution in [3.05, 3.63) is 47.8 Å². The summed E-state index contributed by atoms with van der Waals surface area (Å²) in [5, 5.41) is 8.96. The van der Waals surface area contributed by atoms with E-state index in [9.17, 15) is 8.42 Å². The van der Waals surface area contributed by atoms with Gasteiger partial charge in [-0.15, -0.1) is 0 Å². The summed E-state index contributed by atoms with van der Waals surface area (Å²) in [5.74, 6) is 0. The lowest BCUT2D eigenvalue weighted by molar-refractivity contribution is 0.277. The summed E-state index contributed by atoms with van der Waals surface area (Å²) >= 11 is 0. The van der Waals surface area contributed by atoms with Gasteiger partial charge in [-0.25, -0.2) is 8.42 Å². The molecule has 6 heteroatoms. The van der Waals surface area contributed by atoms with Crippen molar-refractivity contribution in [3.8, 4) is 0 Å². The van der Waals surface area contributed by atoms with E-state index in [-0.39, 0.29) is 11.5 Å². The van der Waals surface area contributed by atoms with Crippen LogP contribution < -0.4 is 4.72 Å². The van der Waals surface area contributed by atoms with Crippen LogP contribution in [0.25, 0.3) is 0 Å². The van der Waals surface area contributed by atoms with Crippen LogP contribution in [0.2, 0.25) is 0 Å². The fraction of sp³-hybridized carbons (Fsp3) is 0.333. The third kappa shape index (κ3) is 4.09. The molecule has 1 aromatic carbocycles. The number of aromatic nitrogens is 1. The molecule has 1 heterocycles. The van der Waals surface area contributed by atoms with Crippen LogP contribution in [-0.4, -0.2) is 18.5 Å². The standard InChI is InChI=1S/C15H20N2O3S/c1-2-3-4-12-5-7-13(8-6-12)17-21(19,20)15-9-14(11-18)16-10-15/h5-10,16-18H,2-4,11H2,1H3. The maximum Gasteiger partial charge on any atom is 0.263 e. The average Bonchev–Trinajstić information content (AvgIpc) is 2.96. The first-order chi connectivity index (χ1) is 10.0. The van der Waals surface area contributed by atoms with Crippen LogP contribution in [0.3, 0.4) is 0 Å². The Kier molecular flexibility index (Phi) is 5.03. The second-order valence-electron chi connectivity index (χ2n) is 4.92. The highest BCUT2D eigenvalue weighted by Crippen LogP contribution is 2.18. The molecule has 0 aliphatic carbocycles. The minimum atomic E-state index is -3.62. The summed E-state index contributed by atoms with van der Waals surface area (Å²) in [6.07, 6.45) is 4.62. The fourth-order valence-electron chi connectivity index (χ4n) is 2.00. The zero-order chi connectivity index (χ0) is 15.3. The molecule has 0 radical (unpaired) electrons. The molecule has 3 N–H and O–H groups in total. The number of rotatable bonds is 7. The first-order valence-corrected chi connectivity index (χ1v) is 8.43. The number of benzene rings is 1. The Morgan fingerprint density at radius 2 is 1.95 bits per heavy atom. The zero-order valence-corrected chi connectivity index (χ0v) is 12.8. The third-order valence-electron chi connectivity index (χ3n) is 3.22. The van der Waals surface area contributed by atoms with Crippen LogP contribution in [-0.2, 0) is 23.1 Å². The average molecular weight is 308 g/mol. The third-order valence-corrected chi connectivity index (χ3v) is 4.58. The van der Waals surface area contributed by atoms with Gasteiger partial charge in [0.05, 0.1) is 6.61 Å². The van der Waals surface area contributed by atoms with Gasteiger partial charge in [0.1, 0.15) is 4.90 Å². The van der Waals surface area contributed by atoms with Gasteiger partial charge in [-0.3, -0.25) is 4.72 Å². The molecule has 2 aromatic rings. The van der Waals surface area contributed by atoms with Gasteiger partial charge in [0.25, 0.3) is 10.0 Å². The maximum atomic E-state index is 12.2. The first kappa shape index (κ1) is 15.6. The Hall–Kier alpha value is -1.79. The van der Waals surface area contributed by atoms with Gasteiger partial charge in [-0.05, 0) is 36.6 Å². The van der Waals surface area contributed by atoms with E-state index in [1.807, 2.05) is 12.1 Å². The van der Waals surface area contributed by atoms with Crippen LogP contribution in [0.1, 0.15) is 31.0 Å². The van der Waals surface area contributed by atoms with Crippen LogP contribution in [0.15, 0.2) is 41.4 Å². The summed E-state index contributed by atoms with van der Waals surface area (Å²) < 4.78 is 26.9. The van der Waals surface area contributed by atoms with Crippen molar-refractivity contribution in [2.45, 2.75) is 37.7 Å². The van der Waals surface area contributed by atoms with Gasteiger partial charge >= 0.3 is 0 Å². The normalized spacial score (nSPS) is 11.5. The molecule has 114 valence electrons. The van der Waals surface area contributed by atoms with E-state index in [0.717, 1.165) is 19.3 Å². The van der Waals surface area contributed by atoms with E-state index in [2.05, 4.69) is 16.6 Å². The number of hydrogen-bond acceptors (Lipinski definition) is 3. The number of hydrogen-bond donors (Lipinski definition) is 3. The molecule has 0 saturated carbocycles. The summed E-state index contributed by atoms with van der Waals surface area (Å²) in [6.45, 7) is 1.92. The number of aliphatic hydroxyl groups is 1. The second kappa shape index (κ2) is 6.78. The number of anilines is 1. The van der Waals surface area contributed by atoms with Gasteiger partial charge in [-0.1, -0.05) is 25.5 Å². The SMILES string of the molecule is CCCCc1ccc(NS(=O)(=O)c2c[nH]c(CO)c2)cc1. The number of nitrogens with one attached hydrogen (secondary N) is 2. The minimum absolute atomic E-state index is 0.113. The van der Waals surface area contributed by atoms with Gasteiger partial charge in [0.15, 0.2) is 0 Å². The maximum absolute atomic E-state index is 12.2. The highest BCUT2D eigenvalue weighted by Gasteiger charge is 2.15. The van der Waals surface area contributed by atoms with E-state index < -0.39 is 10.0 Å². The van der Waals surface area contributed by atoms with Crippen molar-refractivity contribution in [1.29, 1.82) is 0 Å². The number of aliphatic hydroxyl groups excluding tert-OH is 1. The van der Waals surface area contributed by atoms with Crippen LogP contribution in [0.5, 0.6) is 0 Å². The molecule has 21 heavy (non-hydrogen) atoms. The highest BCUT2D eigenvalue weighted by molar-refractivity contribution is 7.92. The monoisotopic (exact) mass is 308 g/mol. The molecule has 1 aromatic heterocycles. The Balaban J connectivity index is 2.09. The Labute approximate surface area is 125 Å². The van der Waals surface area contributed by atoms with Crippen LogP contribution >= 0.6 is 0 Å². The van der Waals surface area contributed by atoms with Crippen LogP contribution in [0.4, 0.5) is 5.69 Å². The summed E-state index contributed by atoms with van der Waals surface area (Å²) in [7, 11) is -3.62. The molecule has 0 aliphatic rings. The van der Waals surface area contributed by atoms with E-state index in [4.69, 9.17) is 5.11 Å². The highest BCUT2D eigenvalue weighted by atomic mass is 32.2. The Bertz CT molecular complexity index is 675. The fourth-order valence-corrected chi connectivity index (χ4v) is 3.08. The van der Waals surface area contributed by atoms with Crippen LogP contribution in [0, 0.1) is 0 Å². The molecule has 0 bridgehead atoms. The molecule has 0 fully saturated rings. The van der Waals surface area contributed by atoms with E-state index in [1.165, 1.54) is 17.8 Å². The molecule has 0 unspecified atom stereocenters. The Morgan fingerprint density at radius 3 is 2.52 bits per heavy atom. The molecule has 0 saturated heterocycles. The quantitative estimate of drug-likeness (QED) is 0.735. The van der Waals surface area contributed by atoms with Gasteiger partial charge in [0, 0.05) is 17.6 Å². The van der Waals surface area contributed by atoms with Gasteiger partial charge in [0.2, 0.25) is 0 Å². The summed E-state index contributed by atoms with van der Waals surface area (Å²) in [5.41, 5.74) is 2.19. The van der Waals surface area contributed by atoms with E-state index in [0.29, 0.717) is 11.4 Å². The molecule has 0 amide bonds. The predicted octanol–water partition coefficient (Wildman–Crippen LogP) is 2.65. The lowest BCUT2D eigenvalue weighted by atomic mass is 10.1. The second-order valence-corrected chi connectivity index (χ2v) is 6.61. The molecule has 0 spiro atoms. The van der Waals surface area contributed by atoms with Crippen molar-refractivity contribution >= 4 is 15.7 Å². The van der Waals surface area contributed by atoms with Crippen molar-refractivity contribution < 1.29 is 13.5 Å². The molecule has 0 atom stereocenters. The lowest BCUT2D eigenvalue weighted by Gasteiger charge is -2.07. The Morgan fingerprint density at radius 1 is 1.24 bits per heavy atom. The van der Waals surface area contributed by atoms with E-state index in [1.54, 1.807) is 12.1 Å². The number of unbranched alkanes of at least 4 members (excludes halogenated alkanes) is 1. The molecule has 2 rings (SSSR count). The van der Waals surface area contributed by atoms with Crippen molar-refractivity contribution in [3.63, 3.8) is 0 Å². The lowest BCUT2D eigenvalue weighted by Crippen LogP contribution is -2.12. The topological polar surface area (TPSA) is 82.2 Å². The summed E-state index contributed by atoms with van der Waals surface area (Å²) in [6, 6.07) is 8.82. The molecular weight excluding hydrogens is 288 g/mol. The van der Waals surface area contributed by atoms with E-state index >= 15 is 0 Å². The zero-order valence-electron chi connectivity index (χ0n) is 12.0. The minimum Gasteiger partial charge on any atom is -0.390 e. The van der Waals surface area contributed by atoms with Crippen molar-refractivity contribution in [2.24, 2.45) is 0 Å². The van der Waals surface area contributed by atoms with Gasteiger partial charge in [-0.2, -0.15) is 0 Å². The summed E-state index contributed by atoms with van der Waals surface area (Å²) in [4.78, 5) is 2.82. The molecule has 0 aliphatic heterocycles. The number of H-pyrrole nitrogens is 1.